The van der Waals surface area contributed by atoms with Crippen LogP contribution in [0.5, 0.6) is 0 Å². The predicted molar refractivity (Wildman–Crippen MR) is 76.0 cm³/mol. The molecule has 1 fully saturated rings. The fourth-order valence-corrected chi connectivity index (χ4v) is 3.52. The summed E-state index contributed by atoms with van der Waals surface area (Å²) in [7, 11) is 0. The van der Waals surface area contributed by atoms with Gasteiger partial charge in [0.2, 0.25) is 0 Å². The molecule has 1 saturated heterocycles. The Morgan fingerprint density at radius 3 is 3.00 bits per heavy atom. The van der Waals surface area contributed by atoms with Crippen molar-refractivity contribution < 1.29 is 0 Å². The third-order valence-corrected chi connectivity index (χ3v) is 4.32. The Morgan fingerprint density at radius 2 is 2.17 bits per heavy atom. The highest BCUT2D eigenvalue weighted by Crippen LogP contribution is 2.30. The zero-order valence-corrected chi connectivity index (χ0v) is 11.8. The summed E-state index contributed by atoms with van der Waals surface area (Å²) in [4.78, 5) is 15.5. The van der Waals surface area contributed by atoms with Crippen LogP contribution in [-0.2, 0) is 0 Å². The summed E-state index contributed by atoms with van der Waals surface area (Å²) in [5.74, 6) is 1.71. The molecule has 0 saturated carbocycles. The highest BCUT2D eigenvalue weighted by molar-refractivity contribution is 9.09. The van der Waals surface area contributed by atoms with Crippen LogP contribution in [0, 0.1) is 5.92 Å². The Hall–Kier alpha value is -1.23. The lowest BCUT2D eigenvalue weighted by atomic mass is 10.1. The van der Waals surface area contributed by atoms with E-state index in [1.807, 2.05) is 12.1 Å². The molecule has 0 radical (unpaired) electrons. The topological polar surface area (TPSA) is 41.9 Å². The number of nitrogens with zero attached hydrogens (tertiary/aromatic N) is 4. The number of fused-ring (bicyclic) bond motifs is 1. The van der Waals surface area contributed by atoms with Crippen molar-refractivity contribution in [1.82, 2.24) is 15.0 Å². The van der Waals surface area contributed by atoms with E-state index in [4.69, 9.17) is 0 Å². The fourth-order valence-electron chi connectivity index (χ4n) is 2.53. The summed E-state index contributed by atoms with van der Waals surface area (Å²) in [6.45, 7) is 3.36. The average Bonchev–Trinajstić information content (AvgIpc) is 2.79. The molecule has 1 aliphatic heterocycles. The van der Waals surface area contributed by atoms with Crippen molar-refractivity contribution in [2.24, 2.45) is 5.92 Å². The number of hydrogen-bond donors (Lipinski definition) is 0. The van der Waals surface area contributed by atoms with E-state index in [9.17, 15) is 0 Å². The molecule has 2 unspecified atom stereocenters. The molecule has 0 aliphatic carbocycles. The van der Waals surface area contributed by atoms with Gasteiger partial charge in [0.15, 0.2) is 5.65 Å². The molecule has 2 aromatic rings. The van der Waals surface area contributed by atoms with Gasteiger partial charge < -0.3 is 4.90 Å². The zero-order chi connectivity index (χ0) is 12.5. The molecule has 1 aliphatic rings. The van der Waals surface area contributed by atoms with E-state index in [-0.39, 0.29) is 0 Å². The molecule has 18 heavy (non-hydrogen) atoms. The van der Waals surface area contributed by atoms with Crippen LogP contribution in [0.1, 0.15) is 13.3 Å². The minimum absolute atomic E-state index is 0.520. The van der Waals surface area contributed by atoms with Gasteiger partial charge in [0.05, 0.1) is 0 Å². The Labute approximate surface area is 115 Å². The molecule has 5 heteroatoms. The smallest absolute Gasteiger partial charge is 0.180 e. The van der Waals surface area contributed by atoms with E-state index in [0.717, 1.165) is 28.9 Å². The van der Waals surface area contributed by atoms with Gasteiger partial charge in [-0.2, -0.15) is 0 Å². The molecule has 2 aromatic heterocycles. The average molecular weight is 307 g/mol. The quantitative estimate of drug-likeness (QED) is 0.800. The van der Waals surface area contributed by atoms with Gasteiger partial charge >= 0.3 is 0 Å². The molecular formula is C13H15BrN4. The second kappa shape index (κ2) is 4.80. The van der Waals surface area contributed by atoms with Gasteiger partial charge in [-0.25, -0.2) is 9.97 Å². The molecule has 0 N–H and O–H groups in total. The van der Waals surface area contributed by atoms with Gasteiger partial charge in [-0.3, -0.25) is 4.98 Å². The molecule has 0 spiro atoms. The van der Waals surface area contributed by atoms with Gasteiger partial charge in [0, 0.05) is 30.3 Å². The highest BCUT2D eigenvalue weighted by atomic mass is 79.9. The Kier molecular flexibility index (Phi) is 3.16. The van der Waals surface area contributed by atoms with Gasteiger partial charge in [0.1, 0.15) is 11.3 Å². The summed E-state index contributed by atoms with van der Waals surface area (Å²) in [5.41, 5.74) is 1.58. The van der Waals surface area contributed by atoms with Crippen LogP contribution in [0.15, 0.2) is 24.5 Å². The third kappa shape index (κ3) is 1.96. The highest BCUT2D eigenvalue weighted by Gasteiger charge is 2.31. The molecular weight excluding hydrogens is 292 g/mol. The molecule has 0 amide bonds. The number of halogens is 1. The van der Waals surface area contributed by atoms with E-state index in [1.54, 1.807) is 12.4 Å². The first-order chi connectivity index (χ1) is 8.79. The lowest BCUT2D eigenvalue weighted by molar-refractivity contribution is 0.553. The summed E-state index contributed by atoms with van der Waals surface area (Å²) in [6.07, 6.45) is 4.60. The van der Waals surface area contributed by atoms with E-state index in [2.05, 4.69) is 42.7 Å². The van der Waals surface area contributed by atoms with E-state index in [0.29, 0.717) is 12.0 Å². The first-order valence-corrected chi connectivity index (χ1v) is 7.32. The molecule has 2 atom stereocenters. The number of pyridine rings is 1. The number of anilines is 1. The minimum Gasteiger partial charge on any atom is -0.352 e. The van der Waals surface area contributed by atoms with Crippen LogP contribution >= 0.6 is 15.9 Å². The molecule has 0 aromatic carbocycles. The van der Waals surface area contributed by atoms with Gasteiger partial charge in [-0.15, -0.1) is 0 Å². The third-order valence-electron chi connectivity index (χ3n) is 3.65. The van der Waals surface area contributed by atoms with Crippen LogP contribution in [-0.4, -0.2) is 32.9 Å². The standard InChI is InChI=1S/C13H15BrN4/c1-9-4-7-18(11(9)8-14)12-3-2-10-13(17-12)16-6-5-15-10/h2-3,5-6,9,11H,4,7-8H2,1H3. The van der Waals surface area contributed by atoms with Crippen molar-refractivity contribution in [2.45, 2.75) is 19.4 Å². The first kappa shape index (κ1) is 11.8. The van der Waals surface area contributed by atoms with Gasteiger partial charge in [-0.05, 0) is 24.5 Å². The second-order valence-electron chi connectivity index (χ2n) is 4.75. The normalized spacial score (nSPS) is 23.8. The summed E-state index contributed by atoms with van der Waals surface area (Å²) in [5, 5.41) is 0.981. The van der Waals surface area contributed by atoms with Crippen LogP contribution in [0.25, 0.3) is 11.2 Å². The number of aromatic nitrogens is 3. The minimum atomic E-state index is 0.520. The Morgan fingerprint density at radius 1 is 1.33 bits per heavy atom. The van der Waals surface area contributed by atoms with Crippen molar-refractivity contribution >= 4 is 32.9 Å². The maximum absolute atomic E-state index is 4.62. The van der Waals surface area contributed by atoms with E-state index < -0.39 is 0 Å². The molecule has 94 valence electrons. The Bertz CT molecular complexity index is 559. The lowest BCUT2D eigenvalue weighted by Gasteiger charge is -2.26. The molecule has 3 heterocycles. The van der Waals surface area contributed by atoms with Gasteiger partial charge in [0.25, 0.3) is 0 Å². The SMILES string of the molecule is CC1CCN(c2ccc3nccnc3n2)C1CBr. The largest absolute Gasteiger partial charge is 0.352 e. The first-order valence-electron chi connectivity index (χ1n) is 6.20. The number of hydrogen-bond acceptors (Lipinski definition) is 4. The van der Waals surface area contributed by atoms with Crippen LogP contribution in [0.4, 0.5) is 5.82 Å². The number of alkyl halides is 1. The maximum Gasteiger partial charge on any atom is 0.180 e. The molecule has 3 rings (SSSR count). The summed E-state index contributed by atoms with van der Waals surface area (Å²) in [6, 6.07) is 4.57. The lowest BCUT2D eigenvalue weighted by Crippen LogP contribution is -2.34. The van der Waals surface area contributed by atoms with Crippen LogP contribution in [0.2, 0.25) is 0 Å². The zero-order valence-electron chi connectivity index (χ0n) is 10.3. The second-order valence-corrected chi connectivity index (χ2v) is 5.40. The fraction of sp³-hybridized carbons (Fsp3) is 0.462. The van der Waals surface area contributed by atoms with Crippen LogP contribution < -0.4 is 4.90 Å². The van der Waals surface area contributed by atoms with Crippen LogP contribution in [0.3, 0.4) is 0 Å². The Balaban J connectivity index is 1.99. The molecule has 0 bridgehead atoms. The monoisotopic (exact) mass is 306 g/mol. The maximum atomic E-state index is 4.62. The molecule has 4 nitrogen and oxygen atoms in total. The predicted octanol–water partition coefficient (Wildman–Crippen LogP) is 2.63. The van der Waals surface area contributed by atoms with E-state index in [1.165, 1.54) is 6.42 Å². The number of rotatable bonds is 2. The van der Waals surface area contributed by atoms with Gasteiger partial charge in [-0.1, -0.05) is 22.9 Å². The van der Waals surface area contributed by atoms with Crippen molar-refractivity contribution in [3.8, 4) is 0 Å². The van der Waals surface area contributed by atoms with Crippen molar-refractivity contribution in [3.63, 3.8) is 0 Å². The van der Waals surface area contributed by atoms with Crippen molar-refractivity contribution in [3.05, 3.63) is 24.5 Å². The van der Waals surface area contributed by atoms with Crippen molar-refractivity contribution in [1.29, 1.82) is 0 Å². The van der Waals surface area contributed by atoms with Crippen molar-refractivity contribution in [2.75, 3.05) is 16.8 Å². The summed E-state index contributed by atoms with van der Waals surface area (Å²) < 4.78 is 0. The summed E-state index contributed by atoms with van der Waals surface area (Å²) >= 11 is 3.61. The van der Waals surface area contributed by atoms with E-state index >= 15 is 0 Å².